The van der Waals surface area contributed by atoms with E-state index >= 15 is 0 Å². The lowest BCUT2D eigenvalue weighted by molar-refractivity contribution is 0.798. The maximum absolute atomic E-state index is 6.52. The largest absolute Gasteiger partial charge is 0.369 e. The first kappa shape index (κ1) is 5.56. The van der Waals surface area contributed by atoms with E-state index in [0.29, 0.717) is 0 Å². The van der Waals surface area contributed by atoms with Gasteiger partial charge in [-0.3, -0.25) is 9.83 Å². The molecule has 0 amide bonds. The predicted octanol–water partition coefficient (Wildman–Crippen LogP) is -0.0345. The maximum Gasteiger partial charge on any atom is 0.202 e. The van der Waals surface area contributed by atoms with Crippen molar-refractivity contribution < 1.29 is 0 Å². The Labute approximate surface area is 41.3 Å². The summed E-state index contributed by atoms with van der Waals surface area (Å²) in [5.41, 5.74) is 4.81. The quantitative estimate of drug-likeness (QED) is 0.259. The second-order valence-electron chi connectivity index (χ2n) is 0.862. The summed E-state index contributed by atoms with van der Waals surface area (Å²) in [6, 6.07) is 0. The lowest BCUT2D eigenvalue weighted by atomic mass is 11.0. The van der Waals surface area contributed by atoms with E-state index in [1.165, 1.54) is 7.05 Å². The van der Waals surface area contributed by atoms with E-state index in [0.717, 1.165) is 4.42 Å². The molecule has 0 saturated carbocycles. The summed E-state index contributed by atoms with van der Waals surface area (Å²) < 4.78 is 1.00. The van der Waals surface area contributed by atoms with Gasteiger partial charge < -0.3 is 5.73 Å². The first-order chi connectivity index (χ1) is 2.64. The summed E-state index contributed by atoms with van der Waals surface area (Å²) in [5.74, 6) is -0.142. The third-order valence-corrected chi connectivity index (χ3v) is 0.514. The van der Waals surface area contributed by atoms with Gasteiger partial charge in [-0.05, 0) is 0 Å². The second kappa shape index (κ2) is 1.87. The number of rotatable bonds is 0. The average Bonchev–Trinajstić information content (AvgIpc) is 1.36. The number of nitrogens with two attached hydrogens (primary N) is 1. The highest BCUT2D eigenvalue weighted by Gasteiger charge is 1.86. The smallest absolute Gasteiger partial charge is 0.202 e. The summed E-state index contributed by atoms with van der Waals surface area (Å²) in [5, 5.41) is 6.52. The molecular formula is C2H6ClN3. The van der Waals surface area contributed by atoms with Gasteiger partial charge in [-0.15, -0.1) is 0 Å². The molecule has 0 aromatic heterocycles. The van der Waals surface area contributed by atoms with Gasteiger partial charge in [0.15, 0.2) is 0 Å². The number of hydrogen-bond donors (Lipinski definition) is 2. The molecule has 0 aliphatic carbocycles. The van der Waals surface area contributed by atoms with Crippen LogP contribution in [0.2, 0.25) is 0 Å². The first-order valence-electron chi connectivity index (χ1n) is 1.38. The van der Waals surface area contributed by atoms with Gasteiger partial charge in [-0.25, -0.2) is 0 Å². The molecule has 0 unspecified atom stereocenters. The van der Waals surface area contributed by atoms with Gasteiger partial charge in [0.05, 0.1) is 0 Å². The minimum Gasteiger partial charge on any atom is -0.369 e. The van der Waals surface area contributed by atoms with Gasteiger partial charge in [0, 0.05) is 18.8 Å². The van der Waals surface area contributed by atoms with Crippen LogP contribution in [-0.2, 0) is 0 Å². The fourth-order valence-corrected chi connectivity index (χ4v) is 0. The van der Waals surface area contributed by atoms with Gasteiger partial charge in [0.25, 0.3) is 0 Å². The van der Waals surface area contributed by atoms with Crippen LogP contribution < -0.4 is 5.73 Å². The van der Waals surface area contributed by atoms with E-state index in [4.69, 9.17) is 22.9 Å². The summed E-state index contributed by atoms with van der Waals surface area (Å²) in [6.45, 7) is 0. The molecule has 0 aliphatic heterocycles. The number of hydrogen-bond acceptors (Lipinski definition) is 1. The zero-order chi connectivity index (χ0) is 5.15. The molecule has 4 heteroatoms. The molecule has 0 bridgehead atoms. The second-order valence-corrected chi connectivity index (χ2v) is 1.37. The van der Waals surface area contributed by atoms with Gasteiger partial charge in [0.2, 0.25) is 5.96 Å². The summed E-state index contributed by atoms with van der Waals surface area (Å²) in [7, 11) is 1.49. The molecule has 0 aliphatic rings. The van der Waals surface area contributed by atoms with E-state index < -0.39 is 0 Å². The highest BCUT2D eigenvalue weighted by molar-refractivity contribution is 6.20. The summed E-state index contributed by atoms with van der Waals surface area (Å²) in [4.78, 5) is 0. The normalized spacial score (nSPS) is 7.67. The molecule has 0 radical (unpaired) electrons. The Bertz CT molecular complexity index is 59.8. The molecule has 0 heterocycles. The monoisotopic (exact) mass is 107 g/mol. The van der Waals surface area contributed by atoms with Crippen LogP contribution >= 0.6 is 11.8 Å². The van der Waals surface area contributed by atoms with Crippen molar-refractivity contribution in [2.24, 2.45) is 5.73 Å². The van der Waals surface area contributed by atoms with Crippen molar-refractivity contribution >= 4 is 17.7 Å². The Morgan fingerprint density at radius 3 is 2.17 bits per heavy atom. The Kier molecular flexibility index (Phi) is 1.73. The molecule has 0 aromatic carbocycles. The Morgan fingerprint density at radius 2 is 2.17 bits per heavy atom. The van der Waals surface area contributed by atoms with Crippen LogP contribution in [0.15, 0.2) is 0 Å². The van der Waals surface area contributed by atoms with Crippen LogP contribution in [0.3, 0.4) is 0 Å². The molecule has 36 valence electrons. The number of nitrogens with zero attached hydrogens (tertiary/aromatic N) is 1. The first-order valence-corrected chi connectivity index (χ1v) is 1.72. The summed E-state index contributed by atoms with van der Waals surface area (Å²) in [6.07, 6.45) is 0. The van der Waals surface area contributed by atoms with Crippen molar-refractivity contribution in [3.05, 3.63) is 0 Å². The molecule has 3 N–H and O–H groups in total. The third-order valence-electron chi connectivity index (χ3n) is 0.332. The molecule has 6 heavy (non-hydrogen) atoms. The number of guanidine groups is 1. The van der Waals surface area contributed by atoms with Gasteiger partial charge in [-0.2, -0.15) is 0 Å². The van der Waals surface area contributed by atoms with Crippen molar-refractivity contribution in [3.8, 4) is 0 Å². The predicted molar refractivity (Wildman–Crippen MR) is 25.5 cm³/mol. The van der Waals surface area contributed by atoms with E-state index in [9.17, 15) is 0 Å². The van der Waals surface area contributed by atoms with Gasteiger partial charge in [-0.1, -0.05) is 0 Å². The van der Waals surface area contributed by atoms with Crippen LogP contribution in [0.1, 0.15) is 0 Å². The van der Waals surface area contributed by atoms with Crippen LogP contribution in [-0.4, -0.2) is 17.4 Å². The van der Waals surface area contributed by atoms with E-state index in [1.807, 2.05) is 0 Å². The minimum atomic E-state index is -0.142. The van der Waals surface area contributed by atoms with Crippen molar-refractivity contribution in [2.45, 2.75) is 0 Å². The van der Waals surface area contributed by atoms with Crippen LogP contribution in [0.4, 0.5) is 0 Å². The lowest BCUT2D eigenvalue weighted by Crippen LogP contribution is -2.24. The molecule has 0 atom stereocenters. The van der Waals surface area contributed by atoms with E-state index in [2.05, 4.69) is 0 Å². The topological polar surface area (TPSA) is 53.1 Å². The van der Waals surface area contributed by atoms with Gasteiger partial charge >= 0.3 is 0 Å². The Morgan fingerprint density at radius 1 is 2.00 bits per heavy atom. The number of nitrogens with one attached hydrogen (secondary N) is 1. The van der Waals surface area contributed by atoms with Crippen molar-refractivity contribution in [3.63, 3.8) is 0 Å². The fourth-order valence-electron chi connectivity index (χ4n) is 0. The highest BCUT2D eigenvalue weighted by atomic mass is 35.5. The number of halogens is 1. The van der Waals surface area contributed by atoms with Crippen molar-refractivity contribution in [1.29, 1.82) is 5.41 Å². The highest BCUT2D eigenvalue weighted by Crippen LogP contribution is 1.79. The van der Waals surface area contributed by atoms with Gasteiger partial charge in [0.1, 0.15) is 0 Å². The van der Waals surface area contributed by atoms with Crippen molar-refractivity contribution in [1.82, 2.24) is 4.42 Å². The molecule has 3 nitrogen and oxygen atoms in total. The summed E-state index contributed by atoms with van der Waals surface area (Å²) >= 11 is 5.10. The fraction of sp³-hybridized carbons (Fsp3) is 0.500. The molecule has 0 rings (SSSR count). The van der Waals surface area contributed by atoms with Crippen LogP contribution in [0.5, 0.6) is 0 Å². The minimum absolute atomic E-state index is 0.142. The zero-order valence-corrected chi connectivity index (χ0v) is 4.16. The Balaban J connectivity index is 3.26. The average molecular weight is 108 g/mol. The zero-order valence-electron chi connectivity index (χ0n) is 3.40. The SMILES string of the molecule is CN(Cl)C(=N)N. The van der Waals surface area contributed by atoms with Crippen LogP contribution in [0.25, 0.3) is 0 Å². The standard InChI is InChI=1S/C2H6ClN3/c1-6(3)2(4)5/h1H3,(H3,4,5). The molecular weight excluding hydrogens is 101 g/mol. The van der Waals surface area contributed by atoms with Crippen molar-refractivity contribution in [2.75, 3.05) is 7.05 Å². The lowest BCUT2D eigenvalue weighted by Gasteiger charge is -2.01. The molecule has 0 saturated heterocycles. The van der Waals surface area contributed by atoms with E-state index in [-0.39, 0.29) is 5.96 Å². The van der Waals surface area contributed by atoms with E-state index in [1.54, 1.807) is 0 Å². The third kappa shape index (κ3) is 1.84. The molecule has 0 spiro atoms. The maximum atomic E-state index is 6.52. The molecule has 0 fully saturated rings. The van der Waals surface area contributed by atoms with Crippen LogP contribution in [0, 0.1) is 5.41 Å². The Hall–Kier alpha value is -0.440. The molecule has 0 aromatic rings.